The number of hydrogen-bond donors (Lipinski definition) is 2. The summed E-state index contributed by atoms with van der Waals surface area (Å²) >= 11 is 6.42. The normalized spacial score (nSPS) is 14.9. The molecule has 1 aliphatic heterocycles. The van der Waals surface area contributed by atoms with Crippen LogP contribution in [0.25, 0.3) is 0 Å². The van der Waals surface area contributed by atoms with Crippen LogP contribution >= 0.6 is 11.6 Å². The van der Waals surface area contributed by atoms with Gasteiger partial charge in [-0.25, -0.2) is 0 Å². The minimum absolute atomic E-state index is 0.128. The van der Waals surface area contributed by atoms with Gasteiger partial charge in [-0.3, -0.25) is 9.59 Å². The molecular formula is C31H36ClN3O2. The van der Waals surface area contributed by atoms with Gasteiger partial charge >= 0.3 is 0 Å². The Morgan fingerprint density at radius 3 is 2.24 bits per heavy atom. The van der Waals surface area contributed by atoms with E-state index in [4.69, 9.17) is 11.6 Å². The molecule has 1 fully saturated rings. The van der Waals surface area contributed by atoms with E-state index in [1.54, 1.807) is 6.07 Å². The van der Waals surface area contributed by atoms with Crippen molar-refractivity contribution >= 4 is 34.8 Å². The van der Waals surface area contributed by atoms with Crippen LogP contribution in [0.15, 0.2) is 78.9 Å². The average molecular weight is 518 g/mol. The van der Waals surface area contributed by atoms with E-state index in [1.807, 2.05) is 42.5 Å². The molecule has 1 heterocycles. The Morgan fingerprint density at radius 1 is 0.946 bits per heavy atom. The predicted octanol–water partition coefficient (Wildman–Crippen LogP) is 6.45. The first-order valence-electron chi connectivity index (χ1n) is 13.1. The summed E-state index contributed by atoms with van der Waals surface area (Å²) < 4.78 is 0. The minimum Gasteiger partial charge on any atom is -0.371 e. The van der Waals surface area contributed by atoms with Gasteiger partial charge < -0.3 is 15.5 Å². The zero-order chi connectivity index (χ0) is 26.2. The number of piperidine rings is 1. The Hall–Kier alpha value is -3.31. The van der Waals surface area contributed by atoms with E-state index < -0.39 is 5.38 Å². The highest BCUT2D eigenvalue weighted by Crippen LogP contribution is 2.31. The average Bonchev–Trinajstić information content (AvgIpc) is 2.93. The fourth-order valence-electron chi connectivity index (χ4n) is 4.77. The van der Waals surface area contributed by atoms with Crippen LogP contribution in [0.5, 0.6) is 0 Å². The number of nitrogens with one attached hydrogen (secondary N) is 2. The van der Waals surface area contributed by atoms with E-state index in [-0.39, 0.29) is 11.8 Å². The lowest BCUT2D eigenvalue weighted by molar-refractivity contribution is -0.116. The fraction of sp³-hybridized carbons (Fsp3) is 0.355. The summed E-state index contributed by atoms with van der Waals surface area (Å²) in [6, 6.07) is 25.5. The Balaban J connectivity index is 1.48. The molecule has 0 saturated carbocycles. The number of hydrogen-bond acceptors (Lipinski definition) is 3. The van der Waals surface area contributed by atoms with Gasteiger partial charge in [-0.05, 0) is 60.4 Å². The number of rotatable bonds is 9. The van der Waals surface area contributed by atoms with Crippen molar-refractivity contribution in [1.29, 1.82) is 0 Å². The molecule has 1 aliphatic rings. The Morgan fingerprint density at radius 2 is 1.59 bits per heavy atom. The maximum absolute atomic E-state index is 13.2. The van der Waals surface area contributed by atoms with E-state index in [1.165, 1.54) is 5.56 Å². The number of anilines is 2. The highest BCUT2D eigenvalue weighted by Gasteiger charge is 2.24. The van der Waals surface area contributed by atoms with Gasteiger partial charge in [0.1, 0.15) is 5.38 Å². The smallest absolute Gasteiger partial charge is 0.253 e. The second-order valence-electron chi connectivity index (χ2n) is 10.2. The lowest BCUT2D eigenvalue weighted by atomic mass is 9.89. The molecule has 0 aliphatic carbocycles. The number of carbonyl (C=O) groups excluding carboxylic acids is 2. The van der Waals surface area contributed by atoms with Crippen molar-refractivity contribution in [2.45, 2.75) is 38.5 Å². The molecule has 194 valence electrons. The first-order valence-corrected chi connectivity index (χ1v) is 13.6. The van der Waals surface area contributed by atoms with Crippen molar-refractivity contribution in [3.05, 3.63) is 95.6 Å². The highest BCUT2D eigenvalue weighted by molar-refractivity contribution is 6.32. The summed E-state index contributed by atoms with van der Waals surface area (Å²) in [5, 5.41) is 5.12. The van der Waals surface area contributed by atoms with E-state index in [9.17, 15) is 9.59 Å². The first kappa shape index (κ1) is 26.7. The summed E-state index contributed by atoms with van der Waals surface area (Å²) in [5.74, 6) is 0.522. The van der Waals surface area contributed by atoms with Crippen LogP contribution in [0.2, 0.25) is 0 Å². The molecule has 3 aromatic carbocycles. The van der Waals surface area contributed by atoms with Gasteiger partial charge in [0.05, 0.1) is 5.56 Å². The third-order valence-electron chi connectivity index (χ3n) is 6.82. The molecule has 0 bridgehead atoms. The molecule has 3 aromatic rings. The second kappa shape index (κ2) is 12.8. The van der Waals surface area contributed by atoms with Crippen LogP contribution < -0.4 is 15.5 Å². The molecule has 0 radical (unpaired) electrons. The van der Waals surface area contributed by atoms with Gasteiger partial charge in [0.2, 0.25) is 5.91 Å². The van der Waals surface area contributed by atoms with Crippen LogP contribution in [0.3, 0.4) is 0 Å². The summed E-state index contributed by atoms with van der Waals surface area (Å²) in [6.07, 6.45) is 3.24. The zero-order valence-electron chi connectivity index (χ0n) is 21.6. The Kier molecular flexibility index (Phi) is 9.24. The molecule has 2 N–H and O–H groups in total. The van der Waals surface area contributed by atoms with E-state index in [0.717, 1.165) is 43.6 Å². The van der Waals surface area contributed by atoms with Crippen molar-refractivity contribution < 1.29 is 9.59 Å². The van der Waals surface area contributed by atoms with Gasteiger partial charge in [-0.2, -0.15) is 0 Å². The second-order valence-corrected chi connectivity index (χ2v) is 10.7. The van der Waals surface area contributed by atoms with E-state index >= 15 is 0 Å². The monoisotopic (exact) mass is 517 g/mol. The van der Waals surface area contributed by atoms with Crippen LogP contribution in [0, 0.1) is 11.8 Å². The topological polar surface area (TPSA) is 61.4 Å². The van der Waals surface area contributed by atoms with Gasteiger partial charge in [0.25, 0.3) is 5.91 Å². The molecule has 4 rings (SSSR count). The molecule has 1 unspecified atom stereocenters. The van der Waals surface area contributed by atoms with Gasteiger partial charge in [-0.1, -0.05) is 74.5 Å². The maximum Gasteiger partial charge on any atom is 0.253 e. The summed E-state index contributed by atoms with van der Waals surface area (Å²) in [5.41, 5.74) is 4.15. The van der Waals surface area contributed by atoms with Crippen molar-refractivity contribution in [3.8, 4) is 0 Å². The number of nitrogens with zero attached hydrogens (tertiary/aromatic N) is 1. The van der Waals surface area contributed by atoms with Crippen LogP contribution in [-0.2, 0) is 11.2 Å². The molecular weight excluding hydrogens is 482 g/mol. The van der Waals surface area contributed by atoms with Gasteiger partial charge in [0, 0.05) is 31.0 Å². The molecule has 6 heteroatoms. The lowest BCUT2D eigenvalue weighted by Gasteiger charge is -2.35. The first-order chi connectivity index (χ1) is 17.9. The zero-order valence-corrected chi connectivity index (χ0v) is 22.4. The Bertz CT molecular complexity index is 1180. The van der Waals surface area contributed by atoms with Crippen molar-refractivity contribution in [2.24, 2.45) is 11.8 Å². The van der Waals surface area contributed by atoms with Crippen LogP contribution in [0.4, 0.5) is 11.4 Å². The fourth-order valence-corrected chi connectivity index (χ4v) is 4.97. The molecule has 1 saturated heterocycles. The van der Waals surface area contributed by atoms with E-state index in [2.05, 4.69) is 59.7 Å². The van der Waals surface area contributed by atoms with Gasteiger partial charge in [0.15, 0.2) is 0 Å². The predicted molar refractivity (Wildman–Crippen MR) is 152 cm³/mol. The third kappa shape index (κ3) is 7.36. The van der Waals surface area contributed by atoms with Gasteiger partial charge in [-0.15, -0.1) is 11.6 Å². The lowest BCUT2D eigenvalue weighted by Crippen LogP contribution is -2.36. The number of halogens is 1. The summed E-state index contributed by atoms with van der Waals surface area (Å²) in [4.78, 5) is 28.4. The highest BCUT2D eigenvalue weighted by atomic mass is 35.5. The summed E-state index contributed by atoms with van der Waals surface area (Å²) in [6.45, 7) is 6.52. The maximum atomic E-state index is 13.2. The molecule has 1 atom stereocenters. The number of alkyl halides is 1. The third-order valence-corrected chi connectivity index (χ3v) is 7.27. The van der Waals surface area contributed by atoms with Crippen LogP contribution in [-0.4, -0.2) is 31.4 Å². The minimum atomic E-state index is -0.817. The molecule has 2 amide bonds. The van der Waals surface area contributed by atoms with E-state index in [0.29, 0.717) is 29.6 Å². The van der Waals surface area contributed by atoms with Crippen molar-refractivity contribution in [3.63, 3.8) is 0 Å². The quantitative estimate of drug-likeness (QED) is 0.321. The molecule has 0 spiro atoms. The summed E-state index contributed by atoms with van der Waals surface area (Å²) in [7, 11) is 0. The van der Waals surface area contributed by atoms with Crippen molar-refractivity contribution in [1.82, 2.24) is 5.32 Å². The standard InChI is InChI=1S/C31H36ClN3O2/c1-22(2)21-33-30(36)27-20-26(34-31(37)29(32)25-11-7-4-8-12-25)13-14-28(27)35-17-15-24(16-18-35)19-23-9-5-3-6-10-23/h3-14,20,22,24,29H,15-19,21H2,1-2H3,(H,33,36)(H,34,37). The molecule has 5 nitrogen and oxygen atoms in total. The number of benzene rings is 3. The molecule has 37 heavy (non-hydrogen) atoms. The number of amides is 2. The largest absolute Gasteiger partial charge is 0.371 e. The van der Waals surface area contributed by atoms with Crippen LogP contribution in [0.1, 0.15) is 53.6 Å². The van der Waals surface area contributed by atoms with Crippen molar-refractivity contribution in [2.75, 3.05) is 29.9 Å². The SMILES string of the molecule is CC(C)CNC(=O)c1cc(NC(=O)C(Cl)c2ccccc2)ccc1N1CCC(Cc2ccccc2)CC1. The molecule has 0 aromatic heterocycles. The Labute approximate surface area is 225 Å². The number of carbonyl (C=O) groups is 2.